The third-order valence-corrected chi connectivity index (χ3v) is 6.70. The fourth-order valence-corrected chi connectivity index (χ4v) is 5.05. The Labute approximate surface area is 184 Å². The van der Waals surface area contributed by atoms with Crippen LogP contribution in [-0.4, -0.2) is 29.0 Å². The predicted molar refractivity (Wildman–Crippen MR) is 119 cm³/mol. The molecule has 32 heavy (non-hydrogen) atoms. The van der Waals surface area contributed by atoms with Gasteiger partial charge in [-0.1, -0.05) is 24.3 Å². The van der Waals surface area contributed by atoms with Gasteiger partial charge in [0.2, 0.25) is 0 Å². The minimum absolute atomic E-state index is 0.0700. The van der Waals surface area contributed by atoms with Crippen molar-refractivity contribution in [2.75, 3.05) is 4.72 Å². The van der Waals surface area contributed by atoms with E-state index in [0.717, 1.165) is 0 Å². The molecule has 0 saturated carbocycles. The molecule has 0 atom stereocenters. The van der Waals surface area contributed by atoms with Gasteiger partial charge in [0.05, 0.1) is 4.90 Å². The van der Waals surface area contributed by atoms with E-state index in [-0.39, 0.29) is 23.7 Å². The van der Waals surface area contributed by atoms with E-state index in [9.17, 15) is 22.7 Å². The van der Waals surface area contributed by atoms with Crippen LogP contribution in [0.2, 0.25) is 0 Å². The highest BCUT2D eigenvalue weighted by molar-refractivity contribution is 7.92. The lowest BCUT2D eigenvalue weighted by Gasteiger charge is -2.12. The van der Waals surface area contributed by atoms with Crippen LogP contribution in [0.3, 0.4) is 0 Å². The second-order valence-corrected chi connectivity index (χ2v) is 8.96. The van der Waals surface area contributed by atoms with Gasteiger partial charge in [-0.25, -0.2) is 17.8 Å². The lowest BCUT2D eigenvalue weighted by atomic mass is 10.0. The number of fused-ring (bicyclic) bond motifs is 1. The third-order valence-electron chi connectivity index (χ3n) is 5.24. The number of carbonyl (C=O) groups is 1. The van der Waals surface area contributed by atoms with Crippen LogP contribution < -0.4 is 4.72 Å². The largest absolute Gasteiger partial charge is 0.480 e. The van der Waals surface area contributed by atoms with Gasteiger partial charge in [0.15, 0.2) is 0 Å². The van der Waals surface area contributed by atoms with E-state index in [4.69, 9.17) is 0 Å². The highest BCUT2D eigenvalue weighted by Gasteiger charge is 2.22. The summed E-state index contributed by atoms with van der Waals surface area (Å²) in [7, 11) is -3.94. The molecule has 0 fully saturated rings. The molecule has 7 nitrogen and oxygen atoms in total. The van der Waals surface area contributed by atoms with Crippen molar-refractivity contribution in [2.24, 2.45) is 0 Å². The van der Waals surface area contributed by atoms with E-state index in [0.29, 0.717) is 27.7 Å². The van der Waals surface area contributed by atoms with E-state index in [2.05, 4.69) is 9.71 Å². The first-order valence-electron chi connectivity index (χ1n) is 9.77. The average Bonchev–Trinajstić information content (AvgIpc) is 2.99. The molecule has 9 heteroatoms. The first kappa shape index (κ1) is 21.5. The van der Waals surface area contributed by atoms with Crippen LogP contribution >= 0.6 is 0 Å². The standard InChI is InChI=1S/C23H20FN3O4S/c1-15-18(19-13-17(24)9-10-20(19)27(15)14-23(28)29)12-16-6-2-3-7-21(16)32(30,31)26-22-8-4-5-11-25-22/h2-11,13H,12,14H2,1H3,(H,25,26)(H,28,29). The van der Waals surface area contributed by atoms with Crippen LogP contribution in [-0.2, 0) is 27.8 Å². The molecular weight excluding hydrogens is 433 g/mol. The van der Waals surface area contributed by atoms with E-state index >= 15 is 0 Å². The maximum Gasteiger partial charge on any atom is 0.323 e. The van der Waals surface area contributed by atoms with Crippen molar-refractivity contribution in [2.45, 2.75) is 24.8 Å². The number of hydrogen-bond donors (Lipinski definition) is 2. The maximum absolute atomic E-state index is 14.0. The molecule has 4 aromatic rings. The molecule has 164 valence electrons. The molecule has 0 radical (unpaired) electrons. The number of aliphatic carboxylic acids is 1. The molecule has 0 unspecified atom stereocenters. The summed E-state index contributed by atoms with van der Waals surface area (Å²) >= 11 is 0. The van der Waals surface area contributed by atoms with Crippen LogP contribution in [0.5, 0.6) is 0 Å². The van der Waals surface area contributed by atoms with Crippen molar-refractivity contribution in [1.29, 1.82) is 0 Å². The van der Waals surface area contributed by atoms with Crippen LogP contribution in [0.15, 0.2) is 71.8 Å². The molecule has 2 aromatic heterocycles. The second kappa shape index (κ2) is 8.43. The minimum atomic E-state index is -3.94. The van der Waals surface area contributed by atoms with Crippen LogP contribution in [0.4, 0.5) is 10.2 Å². The van der Waals surface area contributed by atoms with Crippen LogP contribution in [0.25, 0.3) is 10.9 Å². The van der Waals surface area contributed by atoms with Crippen molar-refractivity contribution in [3.63, 3.8) is 0 Å². The topological polar surface area (TPSA) is 101 Å². The molecule has 0 saturated heterocycles. The Kier molecular flexibility index (Phi) is 5.67. The Balaban J connectivity index is 1.80. The first-order valence-corrected chi connectivity index (χ1v) is 11.3. The van der Waals surface area contributed by atoms with E-state index in [1.165, 1.54) is 30.5 Å². The number of anilines is 1. The number of carboxylic acid groups (broad SMARTS) is 1. The summed E-state index contributed by atoms with van der Waals surface area (Å²) in [6.07, 6.45) is 1.66. The number of pyridine rings is 1. The Morgan fingerprint density at radius 3 is 2.59 bits per heavy atom. The fraction of sp³-hybridized carbons (Fsp3) is 0.130. The summed E-state index contributed by atoms with van der Waals surface area (Å²) < 4.78 is 44.2. The zero-order chi connectivity index (χ0) is 22.9. The summed E-state index contributed by atoms with van der Waals surface area (Å²) in [4.78, 5) is 15.4. The van der Waals surface area contributed by atoms with Crippen molar-refractivity contribution in [1.82, 2.24) is 9.55 Å². The zero-order valence-corrected chi connectivity index (χ0v) is 17.9. The molecular formula is C23H20FN3O4S. The fourth-order valence-electron chi connectivity index (χ4n) is 3.80. The van der Waals surface area contributed by atoms with Gasteiger partial charge in [-0.3, -0.25) is 9.52 Å². The molecule has 0 aliphatic heterocycles. The van der Waals surface area contributed by atoms with Gasteiger partial charge < -0.3 is 9.67 Å². The molecule has 2 N–H and O–H groups in total. The predicted octanol–water partition coefficient (Wildman–Crippen LogP) is 3.96. The van der Waals surface area contributed by atoms with Crippen molar-refractivity contribution in [3.8, 4) is 0 Å². The molecule has 0 amide bonds. The monoisotopic (exact) mass is 453 g/mol. The summed E-state index contributed by atoms with van der Waals surface area (Å²) in [6, 6.07) is 15.6. The summed E-state index contributed by atoms with van der Waals surface area (Å²) in [5.74, 6) is -1.29. The number of halogens is 1. The third kappa shape index (κ3) is 4.19. The highest BCUT2D eigenvalue weighted by atomic mass is 32.2. The lowest BCUT2D eigenvalue weighted by Crippen LogP contribution is -2.16. The normalized spacial score (nSPS) is 11.6. The van der Waals surface area contributed by atoms with Crippen molar-refractivity contribution in [3.05, 3.63) is 89.5 Å². The molecule has 4 rings (SSSR count). The molecule has 2 heterocycles. The molecule has 0 spiro atoms. The van der Waals surface area contributed by atoms with Crippen molar-refractivity contribution >= 4 is 32.7 Å². The first-order chi connectivity index (χ1) is 15.3. The van der Waals surface area contributed by atoms with Gasteiger partial charge in [0.25, 0.3) is 10.0 Å². The second-order valence-electron chi connectivity index (χ2n) is 7.31. The smallest absolute Gasteiger partial charge is 0.323 e. The Hall–Kier alpha value is -3.72. The van der Waals surface area contributed by atoms with Gasteiger partial charge in [-0.2, -0.15) is 0 Å². The average molecular weight is 453 g/mol. The van der Waals surface area contributed by atoms with Gasteiger partial charge >= 0.3 is 5.97 Å². The van der Waals surface area contributed by atoms with Crippen LogP contribution in [0.1, 0.15) is 16.8 Å². The SMILES string of the molecule is Cc1c(Cc2ccccc2S(=O)(=O)Nc2ccccn2)c2cc(F)ccc2n1CC(=O)O. The molecule has 2 aromatic carbocycles. The number of hydrogen-bond acceptors (Lipinski definition) is 4. The highest BCUT2D eigenvalue weighted by Crippen LogP contribution is 2.31. The number of sulfonamides is 1. The van der Waals surface area contributed by atoms with E-state index < -0.39 is 21.8 Å². The quantitative estimate of drug-likeness (QED) is 0.441. The van der Waals surface area contributed by atoms with Crippen LogP contribution in [0, 0.1) is 12.7 Å². The van der Waals surface area contributed by atoms with Gasteiger partial charge in [0, 0.05) is 29.2 Å². The Bertz CT molecular complexity index is 1420. The van der Waals surface area contributed by atoms with Gasteiger partial charge in [-0.15, -0.1) is 0 Å². The Morgan fingerprint density at radius 2 is 1.88 bits per heavy atom. The minimum Gasteiger partial charge on any atom is -0.480 e. The zero-order valence-electron chi connectivity index (χ0n) is 17.1. The number of nitrogens with one attached hydrogen (secondary N) is 1. The van der Waals surface area contributed by atoms with Crippen molar-refractivity contribution < 1.29 is 22.7 Å². The van der Waals surface area contributed by atoms with Gasteiger partial charge in [-0.05, 0) is 54.4 Å². The number of benzene rings is 2. The number of nitrogens with zero attached hydrogens (tertiary/aromatic N) is 2. The van der Waals surface area contributed by atoms with E-state index in [1.807, 2.05) is 0 Å². The number of aromatic nitrogens is 2. The summed E-state index contributed by atoms with van der Waals surface area (Å²) in [5.41, 5.74) is 2.38. The molecule has 0 bridgehead atoms. The van der Waals surface area contributed by atoms with E-state index in [1.54, 1.807) is 47.9 Å². The van der Waals surface area contributed by atoms with Gasteiger partial charge in [0.1, 0.15) is 18.2 Å². The number of carboxylic acids is 1. The number of rotatable bonds is 7. The molecule has 0 aliphatic rings. The maximum atomic E-state index is 14.0. The summed E-state index contributed by atoms with van der Waals surface area (Å²) in [6.45, 7) is 1.47. The Morgan fingerprint density at radius 1 is 1.12 bits per heavy atom. The molecule has 0 aliphatic carbocycles. The lowest BCUT2D eigenvalue weighted by molar-refractivity contribution is -0.137. The summed E-state index contributed by atoms with van der Waals surface area (Å²) in [5, 5.41) is 9.86.